The standard InChI is InChI=1S/C15H24N2O/c1-4-8-12-9-6-7-10-13(12)17-15(18)14(16)11(3)5-2/h6-7,9-11,14H,4-5,8,16H2,1-3H3,(H,17,18)/t11-,14-/m0/s1. The van der Waals surface area contributed by atoms with E-state index in [1.165, 1.54) is 5.56 Å². The lowest BCUT2D eigenvalue weighted by molar-refractivity contribution is -0.118. The zero-order chi connectivity index (χ0) is 13.5. The van der Waals surface area contributed by atoms with Crippen LogP contribution in [0.1, 0.15) is 39.2 Å². The fourth-order valence-corrected chi connectivity index (χ4v) is 1.86. The Bertz CT molecular complexity index is 390. The van der Waals surface area contributed by atoms with Crippen LogP contribution in [0, 0.1) is 5.92 Å². The normalized spacial score (nSPS) is 14.0. The first-order valence-electron chi connectivity index (χ1n) is 6.74. The summed E-state index contributed by atoms with van der Waals surface area (Å²) in [5.74, 6) is 0.108. The SMILES string of the molecule is CCCc1ccccc1NC(=O)[C@@H](N)[C@@H](C)CC. The minimum Gasteiger partial charge on any atom is -0.324 e. The molecule has 0 saturated heterocycles. The van der Waals surface area contributed by atoms with Crippen molar-refractivity contribution in [3.8, 4) is 0 Å². The largest absolute Gasteiger partial charge is 0.324 e. The van der Waals surface area contributed by atoms with Crippen molar-refractivity contribution in [1.82, 2.24) is 0 Å². The first-order valence-corrected chi connectivity index (χ1v) is 6.74. The van der Waals surface area contributed by atoms with Gasteiger partial charge in [0.1, 0.15) is 0 Å². The van der Waals surface area contributed by atoms with Crippen LogP contribution in [0.5, 0.6) is 0 Å². The van der Waals surface area contributed by atoms with Gasteiger partial charge >= 0.3 is 0 Å². The highest BCUT2D eigenvalue weighted by Crippen LogP contribution is 2.17. The molecule has 0 spiro atoms. The van der Waals surface area contributed by atoms with E-state index in [4.69, 9.17) is 5.73 Å². The Morgan fingerprint density at radius 2 is 2.00 bits per heavy atom. The Labute approximate surface area is 110 Å². The Balaban J connectivity index is 2.75. The molecule has 100 valence electrons. The fourth-order valence-electron chi connectivity index (χ4n) is 1.86. The molecule has 1 amide bonds. The summed E-state index contributed by atoms with van der Waals surface area (Å²) in [6.07, 6.45) is 2.94. The molecule has 3 heteroatoms. The van der Waals surface area contributed by atoms with E-state index in [2.05, 4.69) is 12.2 Å². The number of amides is 1. The highest BCUT2D eigenvalue weighted by atomic mass is 16.2. The number of benzene rings is 1. The van der Waals surface area contributed by atoms with Gasteiger partial charge < -0.3 is 11.1 Å². The van der Waals surface area contributed by atoms with Crippen molar-refractivity contribution in [2.24, 2.45) is 11.7 Å². The van der Waals surface area contributed by atoms with Gasteiger partial charge in [-0.3, -0.25) is 4.79 Å². The molecule has 0 aromatic heterocycles. The van der Waals surface area contributed by atoms with E-state index < -0.39 is 6.04 Å². The molecule has 0 aliphatic carbocycles. The van der Waals surface area contributed by atoms with Crippen molar-refractivity contribution in [3.63, 3.8) is 0 Å². The van der Waals surface area contributed by atoms with E-state index >= 15 is 0 Å². The van der Waals surface area contributed by atoms with Gasteiger partial charge in [0.25, 0.3) is 0 Å². The van der Waals surface area contributed by atoms with Gasteiger partial charge in [-0.2, -0.15) is 0 Å². The maximum Gasteiger partial charge on any atom is 0.241 e. The third-order valence-corrected chi connectivity index (χ3v) is 3.35. The van der Waals surface area contributed by atoms with Crippen molar-refractivity contribution in [1.29, 1.82) is 0 Å². The highest BCUT2D eigenvalue weighted by molar-refractivity contribution is 5.95. The molecular formula is C15H24N2O. The molecule has 0 fully saturated rings. The van der Waals surface area contributed by atoms with Crippen molar-refractivity contribution in [2.45, 2.75) is 46.1 Å². The van der Waals surface area contributed by atoms with Gasteiger partial charge in [-0.05, 0) is 24.0 Å². The Hall–Kier alpha value is -1.35. The minimum atomic E-state index is -0.440. The maximum atomic E-state index is 12.0. The zero-order valence-corrected chi connectivity index (χ0v) is 11.6. The summed E-state index contributed by atoms with van der Waals surface area (Å²) >= 11 is 0. The molecule has 1 aromatic rings. The Morgan fingerprint density at radius 3 is 2.61 bits per heavy atom. The first-order chi connectivity index (χ1) is 8.60. The molecule has 0 unspecified atom stereocenters. The molecule has 3 nitrogen and oxygen atoms in total. The lowest BCUT2D eigenvalue weighted by Crippen LogP contribution is -2.40. The summed E-state index contributed by atoms with van der Waals surface area (Å²) in [7, 11) is 0. The van der Waals surface area contributed by atoms with Crippen LogP contribution in [0.25, 0.3) is 0 Å². The average Bonchev–Trinajstić information content (AvgIpc) is 2.39. The van der Waals surface area contributed by atoms with Crippen LogP contribution in [-0.2, 0) is 11.2 Å². The molecule has 0 bridgehead atoms. The van der Waals surface area contributed by atoms with E-state index in [0.29, 0.717) is 0 Å². The number of hydrogen-bond donors (Lipinski definition) is 2. The van der Waals surface area contributed by atoms with Crippen LogP contribution in [0.2, 0.25) is 0 Å². The number of hydrogen-bond acceptors (Lipinski definition) is 2. The van der Waals surface area contributed by atoms with E-state index in [9.17, 15) is 4.79 Å². The van der Waals surface area contributed by atoms with Gasteiger partial charge in [0, 0.05) is 5.69 Å². The highest BCUT2D eigenvalue weighted by Gasteiger charge is 2.19. The predicted octanol–water partition coefficient (Wildman–Crippen LogP) is 2.95. The summed E-state index contributed by atoms with van der Waals surface area (Å²) in [5.41, 5.74) is 7.99. The molecule has 0 heterocycles. The van der Waals surface area contributed by atoms with Crippen molar-refractivity contribution in [2.75, 3.05) is 5.32 Å². The molecule has 1 rings (SSSR count). The number of aryl methyl sites for hydroxylation is 1. The number of nitrogens with two attached hydrogens (primary N) is 1. The van der Waals surface area contributed by atoms with E-state index in [1.54, 1.807) is 0 Å². The quantitative estimate of drug-likeness (QED) is 0.813. The second kappa shape index (κ2) is 7.17. The van der Waals surface area contributed by atoms with Gasteiger partial charge in [0.2, 0.25) is 5.91 Å². The second-order valence-electron chi connectivity index (χ2n) is 4.81. The van der Waals surface area contributed by atoms with Crippen LogP contribution in [0.15, 0.2) is 24.3 Å². The lowest BCUT2D eigenvalue weighted by Gasteiger charge is -2.19. The molecule has 0 radical (unpaired) electrons. The Morgan fingerprint density at radius 1 is 1.33 bits per heavy atom. The van der Waals surface area contributed by atoms with Gasteiger partial charge in [-0.25, -0.2) is 0 Å². The van der Waals surface area contributed by atoms with Crippen LogP contribution in [0.3, 0.4) is 0 Å². The number of rotatable bonds is 6. The van der Waals surface area contributed by atoms with Crippen molar-refractivity contribution >= 4 is 11.6 Å². The monoisotopic (exact) mass is 248 g/mol. The summed E-state index contributed by atoms with van der Waals surface area (Å²) < 4.78 is 0. The van der Waals surface area contributed by atoms with E-state index in [-0.39, 0.29) is 11.8 Å². The fraction of sp³-hybridized carbons (Fsp3) is 0.533. The van der Waals surface area contributed by atoms with Crippen LogP contribution >= 0.6 is 0 Å². The third-order valence-electron chi connectivity index (χ3n) is 3.35. The first kappa shape index (κ1) is 14.7. The molecule has 3 N–H and O–H groups in total. The van der Waals surface area contributed by atoms with Crippen LogP contribution < -0.4 is 11.1 Å². The smallest absolute Gasteiger partial charge is 0.241 e. The second-order valence-corrected chi connectivity index (χ2v) is 4.81. The molecule has 0 aliphatic rings. The third kappa shape index (κ3) is 3.84. The molecular weight excluding hydrogens is 224 g/mol. The van der Waals surface area contributed by atoms with Crippen LogP contribution in [-0.4, -0.2) is 11.9 Å². The lowest BCUT2D eigenvalue weighted by atomic mass is 9.99. The summed E-state index contributed by atoms with van der Waals surface area (Å²) in [5, 5.41) is 2.95. The molecule has 0 aliphatic heterocycles. The number of anilines is 1. The number of carbonyl (C=O) groups excluding carboxylic acids is 1. The summed E-state index contributed by atoms with van der Waals surface area (Å²) in [4.78, 5) is 12.0. The molecule has 1 aromatic carbocycles. The zero-order valence-electron chi connectivity index (χ0n) is 11.6. The number of carbonyl (C=O) groups is 1. The number of para-hydroxylation sites is 1. The topological polar surface area (TPSA) is 55.1 Å². The molecule has 2 atom stereocenters. The predicted molar refractivity (Wildman–Crippen MR) is 76.5 cm³/mol. The maximum absolute atomic E-state index is 12.0. The van der Waals surface area contributed by atoms with Crippen molar-refractivity contribution < 1.29 is 4.79 Å². The molecule has 0 saturated carbocycles. The van der Waals surface area contributed by atoms with E-state index in [0.717, 1.165) is 24.9 Å². The number of nitrogens with one attached hydrogen (secondary N) is 1. The van der Waals surface area contributed by atoms with Crippen LogP contribution in [0.4, 0.5) is 5.69 Å². The van der Waals surface area contributed by atoms with Gasteiger partial charge in [-0.15, -0.1) is 0 Å². The van der Waals surface area contributed by atoms with Gasteiger partial charge in [0.05, 0.1) is 6.04 Å². The average molecular weight is 248 g/mol. The van der Waals surface area contributed by atoms with Crippen molar-refractivity contribution in [3.05, 3.63) is 29.8 Å². The van der Waals surface area contributed by atoms with Gasteiger partial charge in [0.15, 0.2) is 0 Å². The van der Waals surface area contributed by atoms with E-state index in [1.807, 2.05) is 38.1 Å². The summed E-state index contributed by atoms with van der Waals surface area (Å²) in [6.45, 7) is 6.18. The minimum absolute atomic E-state index is 0.0899. The van der Waals surface area contributed by atoms with Gasteiger partial charge in [-0.1, -0.05) is 51.8 Å². The summed E-state index contributed by atoms with van der Waals surface area (Å²) in [6, 6.07) is 7.48. The molecule has 18 heavy (non-hydrogen) atoms. The Kier molecular flexibility index (Phi) is 5.86.